The topological polar surface area (TPSA) is 25.1 Å². The summed E-state index contributed by atoms with van der Waals surface area (Å²) in [6, 6.07) is 0. The van der Waals surface area contributed by atoms with Crippen LogP contribution in [0.2, 0.25) is 0 Å². The average Bonchev–Trinajstić information content (AvgIpc) is 2.85. The van der Waals surface area contributed by atoms with Crippen LogP contribution >= 0.6 is 0 Å². The molecule has 0 unspecified atom stereocenters. The molecular weight excluding hydrogens is 140 g/mol. The molecule has 3 fully saturated rings. The first-order valence-corrected chi connectivity index (χ1v) is 4.74. The van der Waals surface area contributed by atoms with E-state index in [0.29, 0.717) is 24.4 Å². The fourth-order valence-electron chi connectivity index (χ4n) is 2.22. The fourth-order valence-corrected chi connectivity index (χ4v) is 2.22. The third-order valence-electron chi connectivity index (χ3n) is 3.09. The van der Waals surface area contributed by atoms with Crippen molar-refractivity contribution < 1.29 is 9.47 Å². The largest absolute Gasteiger partial charge is 0.370 e. The van der Waals surface area contributed by atoms with Crippen molar-refractivity contribution in [1.29, 1.82) is 0 Å². The Morgan fingerprint density at radius 1 is 0.636 bits per heavy atom. The van der Waals surface area contributed by atoms with Gasteiger partial charge in [-0.1, -0.05) is 0 Å². The van der Waals surface area contributed by atoms with Gasteiger partial charge in [0.05, 0.1) is 24.4 Å². The summed E-state index contributed by atoms with van der Waals surface area (Å²) in [5.41, 5.74) is 0. The maximum absolute atomic E-state index is 5.50. The molecule has 0 aromatic rings. The van der Waals surface area contributed by atoms with Crippen molar-refractivity contribution in [2.75, 3.05) is 0 Å². The molecule has 2 heteroatoms. The number of fused-ring (bicyclic) bond motifs is 2. The molecule has 2 saturated heterocycles. The minimum absolute atomic E-state index is 0.609. The maximum Gasteiger partial charge on any atom is 0.0842 e. The van der Waals surface area contributed by atoms with Crippen LogP contribution in [-0.4, -0.2) is 24.4 Å². The van der Waals surface area contributed by atoms with Crippen molar-refractivity contribution in [3.8, 4) is 0 Å². The number of epoxide rings is 2. The molecule has 1 aliphatic carbocycles. The summed E-state index contributed by atoms with van der Waals surface area (Å²) < 4.78 is 11.0. The summed E-state index contributed by atoms with van der Waals surface area (Å²) in [5, 5.41) is 0. The summed E-state index contributed by atoms with van der Waals surface area (Å²) in [5.74, 6) is 0. The zero-order valence-corrected chi connectivity index (χ0v) is 6.66. The van der Waals surface area contributed by atoms with Crippen LogP contribution < -0.4 is 0 Å². The van der Waals surface area contributed by atoms with Gasteiger partial charge in [0.25, 0.3) is 0 Å². The summed E-state index contributed by atoms with van der Waals surface area (Å²) >= 11 is 0. The highest BCUT2D eigenvalue weighted by molar-refractivity contribution is 4.93. The number of hydrogen-bond acceptors (Lipinski definition) is 2. The van der Waals surface area contributed by atoms with Gasteiger partial charge in [-0.3, -0.25) is 0 Å². The van der Waals surface area contributed by atoms with Gasteiger partial charge < -0.3 is 9.47 Å². The molecular formula is C9H14O2. The standard InChI is InChI=1S/C9H14O2/c1-2-6-8(10-6)4-5-9-7(3-1)11-9/h6-9H,1-5H2/t6-,7-,8-,9-/m1/s1. The monoisotopic (exact) mass is 154 g/mol. The number of hydrogen-bond donors (Lipinski definition) is 0. The Morgan fingerprint density at radius 2 is 1.09 bits per heavy atom. The second-order valence-electron chi connectivity index (χ2n) is 3.93. The third kappa shape index (κ3) is 1.18. The van der Waals surface area contributed by atoms with Crippen molar-refractivity contribution >= 4 is 0 Å². The van der Waals surface area contributed by atoms with E-state index in [1.165, 1.54) is 32.1 Å². The summed E-state index contributed by atoms with van der Waals surface area (Å²) in [7, 11) is 0. The van der Waals surface area contributed by atoms with Crippen LogP contribution in [0.3, 0.4) is 0 Å². The Bertz CT molecular complexity index is 151. The molecule has 3 rings (SSSR count). The van der Waals surface area contributed by atoms with Crippen LogP contribution in [0.4, 0.5) is 0 Å². The lowest BCUT2D eigenvalue weighted by Gasteiger charge is -1.91. The predicted molar refractivity (Wildman–Crippen MR) is 40.4 cm³/mol. The van der Waals surface area contributed by atoms with Crippen molar-refractivity contribution in [3.63, 3.8) is 0 Å². The molecule has 62 valence electrons. The first-order chi connectivity index (χ1) is 5.43. The molecule has 4 atom stereocenters. The van der Waals surface area contributed by atoms with E-state index < -0.39 is 0 Å². The maximum atomic E-state index is 5.50. The van der Waals surface area contributed by atoms with Gasteiger partial charge in [0.1, 0.15) is 0 Å². The highest BCUT2D eigenvalue weighted by Gasteiger charge is 2.45. The van der Waals surface area contributed by atoms with Crippen LogP contribution in [0.5, 0.6) is 0 Å². The first-order valence-electron chi connectivity index (χ1n) is 4.74. The minimum atomic E-state index is 0.609. The van der Waals surface area contributed by atoms with E-state index in [0.717, 1.165) is 0 Å². The molecule has 0 bridgehead atoms. The van der Waals surface area contributed by atoms with E-state index in [1.54, 1.807) is 0 Å². The Labute approximate surface area is 66.9 Å². The molecule has 0 amide bonds. The highest BCUT2D eigenvalue weighted by atomic mass is 16.6. The molecule has 0 radical (unpaired) electrons. The van der Waals surface area contributed by atoms with Crippen molar-refractivity contribution in [3.05, 3.63) is 0 Å². The summed E-state index contributed by atoms with van der Waals surface area (Å²) in [4.78, 5) is 0. The second kappa shape index (κ2) is 2.20. The van der Waals surface area contributed by atoms with Gasteiger partial charge in [-0.2, -0.15) is 0 Å². The average molecular weight is 154 g/mol. The smallest absolute Gasteiger partial charge is 0.0842 e. The molecule has 2 heterocycles. The van der Waals surface area contributed by atoms with Crippen molar-refractivity contribution in [2.24, 2.45) is 0 Å². The highest BCUT2D eigenvalue weighted by Crippen LogP contribution is 2.39. The van der Waals surface area contributed by atoms with E-state index in [-0.39, 0.29) is 0 Å². The lowest BCUT2D eigenvalue weighted by atomic mass is 10.1. The lowest BCUT2D eigenvalue weighted by Crippen LogP contribution is -1.95. The first kappa shape index (κ1) is 6.44. The van der Waals surface area contributed by atoms with Gasteiger partial charge in [-0.25, -0.2) is 0 Å². The third-order valence-corrected chi connectivity index (χ3v) is 3.09. The fraction of sp³-hybridized carbons (Fsp3) is 1.00. The number of ether oxygens (including phenoxy) is 2. The van der Waals surface area contributed by atoms with Crippen LogP contribution in [0.15, 0.2) is 0 Å². The normalized spacial score (nSPS) is 54.5. The van der Waals surface area contributed by atoms with Gasteiger partial charge in [-0.15, -0.1) is 0 Å². The van der Waals surface area contributed by atoms with Gasteiger partial charge in [0, 0.05) is 0 Å². The molecule has 0 aromatic heterocycles. The summed E-state index contributed by atoms with van der Waals surface area (Å²) in [6.07, 6.45) is 8.82. The van der Waals surface area contributed by atoms with E-state index in [2.05, 4.69) is 0 Å². The molecule has 2 nitrogen and oxygen atoms in total. The SMILES string of the molecule is C1C[C@H]2O[C@@H]2CC[C@H]2O[C@@H]2C1. The van der Waals surface area contributed by atoms with E-state index in [1.807, 2.05) is 0 Å². The van der Waals surface area contributed by atoms with Crippen LogP contribution in [0.25, 0.3) is 0 Å². The zero-order valence-electron chi connectivity index (χ0n) is 6.66. The lowest BCUT2D eigenvalue weighted by molar-refractivity contribution is 0.339. The number of rotatable bonds is 0. The quantitative estimate of drug-likeness (QED) is 0.494. The Kier molecular flexibility index (Phi) is 1.29. The van der Waals surface area contributed by atoms with Gasteiger partial charge in [0.2, 0.25) is 0 Å². The van der Waals surface area contributed by atoms with Crippen LogP contribution in [0, 0.1) is 0 Å². The van der Waals surface area contributed by atoms with E-state index >= 15 is 0 Å². The molecule has 1 saturated carbocycles. The molecule has 3 aliphatic rings. The van der Waals surface area contributed by atoms with E-state index in [9.17, 15) is 0 Å². The van der Waals surface area contributed by atoms with Crippen LogP contribution in [0.1, 0.15) is 32.1 Å². The van der Waals surface area contributed by atoms with Gasteiger partial charge in [-0.05, 0) is 32.1 Å². The Hall–Kier alpha value is -0.0800. The van der Waals surface area contributed by atoms with Crippen LogP contribution in [-0.2, 0) is 9.47 Å². The minimum Gasteiger partial charge on any atom is -0.370 e. The van der Waals surface area contributed by atoms with Crippen molar-refractivity contribution in [1.82, 2.24) is 0 Å². The molecule has 0 N–H and O–H groups in total. The molecule has 2 aliphatic heterocycles. The molecule has 0 spiro atoms. The predicted octanol–water partition coefficient (Wildman–Crippen LogP) is 1.49. The molecule has 0 aromatic carbocycles. The Morgan fingerprint density at radius 3 is 1.64 bits per heavy atom. The van der Waals surface area contributed by atoms with Gasteiger partial charge >= 0.3 is 0 Å². The summed E-state index contributed by atoms with van der Waals surface area (Å²) in [6.45, 7) is 0. The Balaban J connectivity index is 1.62. The van der Waals surface area contributed by atoms with Crippen molar-refractivity contribution in [2.45, 2.75) is 56.5 Å². The van der Waals surface area contributed by atoms with E-state index in [4.69, 9.17) is 9.47 Å². The second-order valence-corrected chi connectivity index (χ2v) is 3.93. The molecule has 11 heavy (non-hydrogen) atoms. The zero-order chi connectivity index (χ0) is 7.26. The van der Waals surface area contributed by atoms with Gasteiger partial charge in [0.15, 0.2) is 0 Å².